The van der Waals surface area contributed by atoms with Gasteiger partial charge in [-0.3, -0.25) is 14.6 Å². The third-order valence-corrected chi connectivity index (χ3v) is 8.13. The molecule has 0 spiro atoms. The Morgan fingerprint density at radius 2 is 1.85 bits per heavy atom. The molecule has 0 N–H and O–H groups in total. The highest BCUT2D eigenvalue weighted by Crippen LogP contribution is 2.33. The number of benzene rings is 2. The van der Waals surface area contributed by atoms with E-state index in [1.54, 1.807) is 17.0 Å². The quantitative estimate of drug-likeness (QED) is 0.506. The standard InChI is InChI=1S/C24H29N3O4S2/c1-17-15-18(2)22-21(16-17)25-24(32-22)27(10-4-9-26-11-13-31-14-12-26)23(28)19-5-7-20(8-6-19)33(3,29)30/h5-8,15-16H,4,9-14H2,1-3H3. The summed E-state index contributed by atoms with van der Waals surface area (Å²) in [5.74, 6) is -0.176. The van der Waals surface area contributed by atoms with Crippen LogP contribution in [-0.4, -0.2) is 69.9 Å². The Bertz CT molecular complexity index is 1250. The van der Waals surface area contributed by atoms with Crippen molar-refractivity contribution >= 4 is 42.4 Å². The molecule has 176 valence electrons. The fourth-order valence-corrected chi connectivity index (χ4v) is 5.71. The van der Waals surface area contributed by atoms with Crippen LogP contribution in [0, 0.1) is 13.8 Å². The number of nitrogens with zero attached hydrogens (tertiary/aromatic N) is 3. The summed E-state index contributed by atoms with van der Waals surface area (Å²) in [7, 11) is -3.32. The van der Waals surface area contributed by atoms with E-state index in [1.165, 1.54) is 23.5 Å². The smallest absolute Gasteiger partial charge is 0.260 e. The minimum Gasteiger partial charge on any atom is -0.379 e. The van der Waals surface area contributed by atoms with Gasteiger partial charge in [0.1, 0.15) is 0 Å². The van der Waals surface area contributed by atoms with Crippen LogP contribution in [0.15, 0.2) is 41.3 Å². The Morgan fingerprint density at radius 3 is 2.52 bits per heavy atom. The van der Waals surface area contributed by atoms with Gasteiger partial charge in [-0.15, -0.1) is 0 Å². The normalized spacial score (nSPS) is 15.1. The van der Waals surface area contributed by atoms with Crippen molar-refractivity contribution in [3.8, 4) is 0 Å². The molecule has 0 aliphatic carbocycles. The van der Waals surface area contributed by atoms with Gasteiger partial charge in [0.25, 0.3) is 5.91 Å². The van der Waals surface area contributed by atoms with Crippen molar-refractivity contribution in [3.63, 3.8) is 0 Å². The van der Waals surface area contributed by atoms with Gasteiger partial charge in [0.2, 0.25) is 0 Å². The van der Waals surface area contributed by atoms with E-state index in [2.05, 4.69) is 17.9 Å². The van der Waals surface area contributed by atoms with Crippen LogP contribution in [0.1, 0.15) is 27.9 Å². The first-order valence-electron chi connectivity index (χ1n) is 11.0. The number of carbonyl (C=O) groups excluding carboxylic acids is 1. The maximum Gasteiger partial charge on any atom is 0.260 e. The summed E-state index contributed by atoms with van der Waals surface area (Å²) >= 11 is 1.52. The highest BCUT2D eigenvalue weighted by Gasteiger charge is 2.23. The number of sulfone groups is 1. The molecule has 0 atom stereocenters. The Labute approximate surface area is 198 Å². The molecule has 1 aliphatic heterocycles. The fourth-order valence-electron chi connectivity index (χ4n) is 4.04. The number of carbonyl (C=O) groups is 1. The van der Waals surface area contributed by atoms with Crippen LogP contribution in [0.25, 0.3) is 10.2 Å². The molecular weight excluding hydrogens is 458 g/mol. The maximum atomic E-state index is 13.5. The monoisotopic (exact) mass is 487 g/mol. The number of hydrogen-bond acceptors (Lipinski definition) is 7. The zero-order valence-corrected chi connectivity index (χ0v) is 20.8. The van der Waals surface area contributed by atoms with Gasteiger partial charge >= 0.3 is 0 Å². The molecule has 0 bridgehead atoms. The van der Waals surface area contributed by atoms with Crippen molar-refractivity contribution in [2.75, 3.05) is 50.5 Å². The lowest BCUT2D eigenvalue weighted by Gasteiger charge is -2.27. The topological polar surface area (TPSA) is 79.8 Å². The summed E-state index contributed by atoms with van der Waals surface area (Å²) in [6.45, 7) is 8.80. The highest BCUT2D eigenvalue weighted by atomic mass is 32.2. The third kappa shape index (κ3) is 5.60. The average Bonchev–Trinajstić information content (AvgIpc) is 3.20. The molecule has 4 rings (SSSR count). The molecule has 1 fully saturated rings. The van der Waals surface area contributed by atoms with E-state index in [1.807, 2.05) is 13.0 Å². The van der Waals surface area contributed by atoms with Gasteiger partial charge in [-0.05, 0) is 61.7 Å². The lowest BCUT2D eigenvalue weighted by Crippen LogP contribution is -2.39. The van der Waals surface area contributed by atoms with Crippen LogP contribution in [0.4, 0.5) is 5.13 Å². The molecule has 1 aromatic heterocycles. The molecule has 1 amide bonds. The molecule has 2 heterocycles. The molecule has 1 aliphatic rings. The largest absolute Gasteiger partial charge is 0.379 e. The lowest BCUT2D eigenvalue weighted by atomic mass is 10.1. The first kappa shape index (κ1) is 23.8. The number of fused-ring (bicyclic) bond motifs is 1. The predicted molar refractivity (Wildman–Crippen MR) is 132 cm³/mol. The Hall–Kier alpha value is -2.33. The Balaban J connectivity index is 1.61. The number of aromatic nitrogens is 1. The zero-order chi connectivity index (χ0) is 23.6. The van der Waals surface area contributed by atoms with Crippen molar-refractivity contribution in [2.24, 2.45) is 0 Å². The molecule has 2 aromatic carbocycles. The molecule has 7 nitrogen and oxygen atoms in total. The van der Waals surface area contributed by atoms with Gasteiger partial charge in [-0.25, -0.2) is 13.4 Å². The number of morpholine rings is 1. The average molecular weight is 488 g/mol. The molecule has 0 radical (unpaired) electrons. The summed E-state index contributed by atoms with van der Waals surface area (Å²) in [5, 5.41) is 0.665. The number of ether oxygens (including phenoxy) is 1. The summed E-state index contributed by atoms with van der Waals surface area (Å²) in [4.78, 5) is 22.6. The van der Waals surface area contributed by atoms with Crippen LogP contribution in [0.2, 0.25) is 0 Å². The Kier molecular flexibility index (Phi) is 7.13. The van der Waals surface area contributed by atoms with Crippen LogP contribution >= 0.6 is 11.3 Å². The van der Waals surface area contributed by atoms with Gasteiger partial charge in [0.15, 0.2) is 15.0 Å². The fraction of sp³-hybridized carbons (Fsp3) is 0.417. The zero-order valence-electron chi connectivity index (χ0n) is 19.2. The van der Waals surface area contributed by atoms with Crippen LogP contribution in [-0.2, 0) is 14.6 Å². The van der Waals surface area contributed by atoms with E-state index in [-0.39, 0.29) is 10.8 Å². The number of aryl methyl sites for hydroxylation is 2. The highest BCUT2D eigenvalue weighted by molar-refractivity contribution is 7.90. The van der Waals surface area contributed by atoms with Gasteiger partial charge in [0.05, 0.1) is 28.3 Å². The van der Waals surface area contributed by atoms with Crippen LogP contribution in [0.5, 0.6) is 0 Å². The van der Waals surface area contributed by atoms with E-state index < -0.39 is 9.84 Å². The molecule has 0 unspecified atom stereocenters. The molecule has 33 heavy (non-hydrogen) atoms. The lowest BCUT2D eigenvalue weighted by molar-refractivity contribution is 0.0376. The van der Waals surface area contributed by atoms with E-state index in [0.717, 1.165) is 66.9 Å². The summed E-state index contributed by atoms with van der Waals surface area (Å²) in [6, 6.07) is 10.3. The van der Waals surface area contributed by atoms with Gasteiger partial charge in [-0.2, -0.15) is 0 Å². The SMILES string of the molecule is Cc1cc(C)c2sc(N(CCCN3CCOCC3)C(=O)c3ccc(S(C)(=O)=O)cc3)nc2c1. The number of rotatable bonds is 7. The maximum absolute atomic E-state index is 13.5. The summed E-state index contributed by atoms with van der Waals surface area (Å²) in [6.07, 6.45) is 1.97. The summed E-state index contributed by atoms with van der Waals surface area (Å²) < 4.78 is 30.1. The second kappa shape index (κ2) is 9.89. The molecule has 0 saturated carbocycles. The van der Waals surface area contributed by atoms with Crippen LogP contribution < -0.4 is 4.90 Å². The first-order valence-corrected chi connectivity index (χ1v) is 13.7. The molecule has 3 aromatic rings. The van der Waals surface area contributed by atoms with Crippen molar-refractivity contribution in [2.45, 2.75) is 25.2 Å². The molecular formula is C24H29N3O4S2. The van der Waals surface area contributed by atoms with Crippen molar-refractivity contribution in [3.05, 3.63) is 53.1 Å². The number of hydrogen-bond donors (Lipinski definition) is 0. The van der Waals surface area contributed by atoms with E-state index >= 15 is 0 Å². The van der Waals surface area contributed by atoms with Crippen molar-refractivity contribution in [1.29, 1.82) is 0 Å². The van der Waals surface area contributed by atoms with E-state index in [0.29, 0.717) is 17.2 Å². The summed E-state index contributed by atoms with van der Waals surface area (Å²) in [5.41, 5.74) is 3.62. The first-order chi connectivity index (χ1) is 15.7. The molecule has 9 heteroatoms. The third-order valence-electron chi connectivity index (χ3n) is 5.77. The van der Waals surface area contributed by atoms with Crippen molar-refractivity contribution < 1.29 is 17.9 Å². The van der Waals surface area contributed by atoms with Gasteiger partial charge in [0, 0.05) is 38.0 Å². The minimum atomic E-state index is -3.32. The van der Waals surface area contributed by atoms with Gasteiger partial charge < -0.3 is 4.74 Å². The minimum absolute atomic E-state index is 0.176. The number of amides is 1. The van der Waals surface area contributed by atoms with Gasteiger partial charge in [-0.1, -0.05) is 17.4 Å². The van der Waals surface area contributed by atoms with Crippen molar-refractivity contribution in [1.82, 2.24) is 9.88 Å². The Morgan fingerprint density at radius 1 is 1.15 bits per heavy atom. The predicted octanol–water partition coefficient (Wildman–Crippen LogP) is 3.69. The van der Waals surface area contributed by atoms with E-state index in [4.69, 9.17) is 9.72 Å². The van der Waals surface area contributed by atoms with Crippen LogP contribution in [0.3, 0.4) is 0 Å². The van der Waals surface area contributed by atoms with E-state index in [9.17, 15) is 13.2 Å². The second-order valence-electron chi connectivity index (χ2n) is 8.49. The molecule has 1 saturated heterocycles. The number of anilines is 1. The number of thiazole rings is 1. The second-order valence-corrected chi connectivity index (χ2v) is 11.5.